The van der Waals surface area contributed by atoms with Gasteiger partial charge in [0.2, 0.25) is 0 Å². The van der Waals surface area contributed by atoms with Crippen LogP contribution in [0.5, 0.6) is 0 Å². The van der Waals surface area contributed by atoms with Gasteiger partial charge < -0.3 is 9.45 Å². The minimum Gasteiger partial charge on any atom is -0.593 e. The molecule has 1 unspecified atom stereocenters. The minimum atomic E-state index is -1.11. The first-order valence-corrected chi connectivity index (χ1v) is 11.0. The van der Waals surface area contributed by atoms with E-state index in [2.05, 4.69) is 44.3 Å². The standard InChI is InChI=1S/C20H23BrN4OS/c1-23(2)15-10-12-24(13-11-15)27(26)17-8-6-16(7-9-17)25-20-5-3-4-19(21)18(20)14-22-25/h3-9,14-15H,10-13H2,1-2H3. The van der Waals surface area contributed by atoms with Gasteiger partial charge in [0.15, 0.2) is 4.90 Å². The van der Waals surface area contributed by atoms with E-state index in [1.807, 2.05) is 53.3 Å². The third-order valence-corrected chi connectivity index (χ3v) is 7.43. The van der Waals surface area contributed by atoms with E-state index in [9.17, 15) is 4.55 Å². The third-order valence-electron chi connectivity index (χ3n) is 5.23. The quantitative estimate of drug-likeness (QED) is 0.571. The minimum absolute atomic E-state index is 0.591. The van der Waals surface area contributed by atoms with Crippen LogP contribution in [0.3, 0.4) is 0 Å². The zero-order valence-corrected chi connectivity index (χ0v) is 17.9. The molecular weight excluding hydrogens is 424 g/mol. The number of hydrogen-bond acceptors (Lipinski definition) is 4. The number of fused-ring (bicyclic) bond motifs is 1. The summed E-state index contributed by atoms with van der Waals surface area (Å²) < 4.78 is 17.9. The van der Waals surface area contributed by atoms with Gasteiger partial charge in [0, 0.05) is 29.0 Å². The van der Waals surface area contributed by atoms with Crippen LogP contribution >= 0.6 is 15.9 Å². The largest absolute Gasteiger partial charge is 0.593 e. The molecule has 7 heteroatoms. The summed E-state index contributed by atoms with van der Waals surface area (Å²) in [4.78, 5) is 3.11. The average Bonchev–Trinajstić information content (AvgIpc) is 3.13. The molecular formula is C20H23BrN4OS. The molecule has 1 atom stereocenters. The molecule has 1 saturated heterocycles. The Morgan fingerprint density at radius 2 is 1.81 bits per heavy atom. The van der Waals surface area contributed by atoms with Gasteiger partial charge in [0.1, 0.15) is 0 Å². The molecule has 5 nitrogen and oxygen atoms in total. The van der Waals surface area contributed by atoms with Gasteiger partial charge in [-0.05, 0) is 63.3 Å². The van der Waals surface area contributed by atoms with Crippen molar-refractivity contribution >= 4 is 38.2 Å². The molecule has 0 aliphatic carbocycles. The van der Waals surface area contributed by atoms with Crippen molar-refractivity contribution in [2.24, 2.45) is 0 Å². The summed E-state index contributed by atoms with van der Waals surface area (Å²) in [5.74, 6) is 0. The van der Waals surface area contributed by atoms with E-state index >= 15 is 0 Å². The van der Waals surface area contributed by atoms with E-state index in [1.54, 1.807) is 0 Å². The van der Waals surface area contributed by atoms with Crippen molar-refractivity contribution in [1.29, 1.82) is 0 Å². The number of hydrogen-bond donors (Lipinski definition) is 0. The lowest BCUT2D eigenvalue weighted by Crippen LogP contribution is -2.44. The fourth-order valence-corrected chi connectivity index (χ4v) is 5.27. The van der Waals surface area contributed by atoms with Gasteiger partial charge >= 0.3 is 0 Å². The first-order valence-electron chi connectivity index (χ1n) is 9.10. The van der Waals surface area contributed by atoms with Crippen molar-refractivity contribution in [2.75, 3.05) is 27.2 Å². The molecule has 2 heterocycles. The summed E-state index contributed by atoms with van der Waals surface area (Å²) in [7, 11) is 4.24. The molecule has 0 N–H and O–H groups in total. The van der Waals surface area contributed by atoms with Crippen LogP contribution < -0.4 is 0 Å². The summed E-state index contributed by atoms with van der Waals surface area (Å²) in [5.41, 5.74) is 2.01. The molecule has 142 valence electrons. The van der Waals surface area contributed by atoms with Gasteiger partial charge in [-0.2, -0.15) is 5.10 Å². The molecule has 0 bridgehead atoms. The van der Waals surface area contributed by atoms with E-state index in [1.165, 1.54) is 0 Å². The first kappa shape index (κ1) is 19.0. The Hall–Kier alpha value is -1.38. The van der Waals surface area contributed by atoms with Gasteiger partial charge in [-0.1, -0.05) is 22.0 Å². The Morgan fingerprint density at radius 3 is 2.48 bits per heavy atom. The third kappa shape index (κ3) is 3.79. The van der Waals surface area contributed by atoms with Crippen molar-refractivity contribution in [1.82, 2.24) is 19.0 Å². The Kier molecular flexibility index (Phi) is 5.57. The lowest BCUT2D eigenvalue weighted by Gasteiger charge is -2.34. The van der Waals surface area contributed by atoms with Crippen molar-refractivity contribution in [2.45, 2.75) is 23.8 Å². The maximum Gasteiger partial charge on any atom is 0.174 e. The maximum atomic E-state index is 12.9. The second-order valence-corrected chi connectivity index (χ2v) is 9.44. The van der Waals surface area contributed by atoms with Crippen molar-refractivity contribution in [3.63, 3.8) is 0 Å². The summed E-state index contributed by atoms with van der Waals surface area (Å²) in [5, 5.41) is 5.59. The van der Waals surface area contributed by atoms with Crippen LogP contribution in [-0.4, -0.2) is 56.8 Å². The number of halogens is 1. The smallest absolute Gasteiger partial charge is 0.174 e. The Balaban J connectivity index is 1.51. The Morgan fingerprint density at radius 1 is 1.11 bits per heavy atom. The van der Waals surface area contributed by atoms with E-state index in [-0.39, 0.29) is 0 Å². The molecule has 0 radical (unpaired) electrons. The summed E-state index contributed by atoms with van der Waals surface area (Å²) >= 11 is 2.46. The van der Waals surface area contributed by atoms with E-state index < -0.39 is 11.4 Å². The van der Waals surface area contributed by atoms with Gasteiger partial charge in [-0.3, -0.25) is 0 Å². The summed E-state index contributed by atoms with van der Waals surface area (Å²) in [6, 6.07) is 14.6. The second-order valence-electron chi connectivity index (χ2n) is 7.10. The number of piperidine rings is 1. The number of aromatic nitrogens is 2. The normalized spacial score (nSPS) is 17.7. The fourth-order valence-electron chi connectivity index (χ4n) is 3.60. The van der Waals surface area contributed by atoms with E-state index in [0.29, 0.717) is 6.04 Å². The lowest BCUT2D eigenvalue weighted by atomic mass is 10.1. The summed E-state index contributed by atoms with van der Waals surface area (Å²) in [6.45, 7) is 1.74. The predicted molar refractivity (Wildman–Crippen MR) is 113 cm³/mol. The SMILES string of the molecule is CN(C)C1CCN([S+]([O-])c2ccc(-n3ncc4c(Br)cccc43)cc2)CC1. The first-order chi connectivity index (χ1) is 13.0. The molecule has 3 aromatic rings. The van der Waals surface area contributed by atoms with Crippen molar-refractivity contribution < 1.29 is 4.55 Å². The zero-order valence-electron chi connectivity index (χ0n) is 15.5. The van der Waals surface area contributed by atoms with Crippen LogP contribution in [0.4, 0.5) is 0 Å². The molecule has 2 aromatic carbocycles. The van der Waals surface area contributed by atoms with Crippen molar-refractivity contribution in [3.05, 3.63) is 53.1 Å². The average molecular weight is 447 g/mol. The number of benzene rings is 2. The molecule has 1 aliphatic heterocycles. The highest BCUT2D eigenvalue weighted by Crippen LogP contribution is 2.27. The zero-order chi connectivity index (χ0) is 19.0. The highest BCUT2D eigenvalue weighted by atomic mass is 79.9. The van der Waals surface area contributed by atoms with Gasteiger partial charge in [0.25, 0.3) is 0 Å². The molecule has 27 heavy (non-hydrogen) atoms. The predicted octanol–water partition coefficient (Wildman–Crippen LogP) is 3.84. The second kappa shape index (κ2) is 7.93. The van der Waals surface area contributed by atoms with Crippen LogP contribution in [0.15, 0.2) is 58.0 Å². The number of rotatable bonds is 4. The van der Waals surface area contributed by atoms with Gasteiger partial charge in [-0.15, -0.1) is 4.31 Å². The van der Waals surface area contributed by atoms with Crippen LogP contribution in [-0.2, 0) is 11.4 Å². The maximum absolute atomic E-state index is 12.9. The van der Waals surface area contributed by atoms with E-state index in [0.717, 1.165) is 51.9 Å². The molecule has 0 spiro atoms. The van der Waals surface area contributed by atoms with Crippen molar-refractivity contribution in [3.8, 4) is 5.69 Å². The lowest BCUT2D eigenvalue weighted by molar-refractivity contribution is 0.196. The molecule has 1 aliphatic rings. The van der Waals surface area contributed by atoms with Gasteiger partial charge in [-0.25, -0.2) is 4.68 Å². The molecule has 1 fully saturated rings. The molecule has 0 amide bonds. The Bertz CT molecular complexity index is 919. The van der Waals surface area contributed by atoms with Crippen LogP contribution in [0.25, 0.3) is 16.6 Å². The Labute approximate surface area is 171 Å². The van der Waals surface area contributed by atoms with Gasteiger partial charge in [0.05, 0.1) is 28.8 Å². The van der Waals surface area contributed by atoms with Crippen LogP contribution in [0.2, 0.25) is 0 Å². The van der Waals surface area contributed by atoms with E-state index in [4.69, 9.17) is 0 Å². The monoisotopic (exact) mass is 446 g/mol. The highest BCUT2D eigenvalue weighted by Gasteiger charge is 2.29. The fraction of sp³-hybridized carbons (Fsp3) is 0.350. The molecule has 4 rings (SSSR count). The molecule has 1 aromatic heterocycles. The van der Waals surface area contributed by atoms with Crippen LogP contribution in [0.1, 0.15) is 12.8 Å². The highest BCUT2D eigenvalue weighted by molar-refractivity contribution is 9.10. The van der Waals surface area contributed by atoms with Crippen LogP contribution in [0, 0.1) is 0 Å². The number of nitrogens with zero attached hydrogens (tertiary/aromatic N) is 4. The molecule has 0 saturated carbocycles. The topological polar surface area (TPSA) is 47.4 Å². The summed E-state index contributed by atoms with van der Waals surface area (Å²) in [6.07, 6.45) is 3.98.